The van der Waals surface area contributed by atoms with Crippen LogP contribution in [0.4, 0.5) is 0 Å². The standard InChI is InChI=1S/C48H69N9O9/c1-26(49-9)40(60)54-38(47(3,4)5)45(65)56-23-30(21-32(56)25-58)51-42(62)28-14-11-15-29(20-28)43(63)52-31-22-36(44(64)53-35-18-12-17-34-33(35)16-13-19-37(34)59)57(24-31)46(66)39(48(6,7)8)55-41(61)27(2)50-10/h11,13-16,19-20,25-27,30-32,35-36,38-39,49-50,59H,12,17-18,21-24H2,1-10H3,(H,51,62)(H,52,63)(H,53,64)(H,54,60)(H,55,61)/t26-,27-,30-,31-,32-,35+,36-,38+,39+/m0/s1. The van der Waals surface area contributed by atoms with Crippen LogP contribution < -0.4 is 37.2 Å². The van der Waals surface area contributed by atoms with Crippen molar-refractivity contribution in [3.8, 4) is 5.75 Å². The fraction of sp³-hybridized carbons (Fsp3) is 0.583. The number of nitrogens with one attached hydrogen (secondary N) is 7. The lowest BCUT2D eigenvalue weighted by Crippen LogP contribution is -2.59. The van der Waals surface area contributed by atoms with E-state index in [1.54, 1.807) is 46.1 Å². The molecule has 18 nitrogen and oxygen atoms in total. The Morgan fingerprint density at radius 1 is 0.712 bits per heavy atom. The summed E-state index contributed by atoms with van der Waals surface area (Å²) in [6.07, 6.45) is 2.88. The van der Waals surface area contributed by atoms with Gasteiger partial charge in [-0.25, -0.2) is 0 Å². The number of phenolic OH excluding ortho intramolecular Hbond substituents is 1. The van der Waals surface area contributed by atoms with Gasteiger partial charge < -0.3 is 56.9 Å². The molecule has 0 bridgehead atoms. The SMILES string of the molecule is CN[C@@H](C)C(=O)N[C@H](C(=O)N1C[C@@H](NC(=O)c2cccc(C(=O)N[C@H]3C[C@@H](C(=O)N[C@@H]4CCCc5c(O)cccc54)N(C(=O)[C@@H](NC(=O)[C@H](C)NC)C(C)(C)C)C3)c2)C[C@H]1C=O)C(C)(C)C. The number of carbonyl (C=O) groups excluding carboxylic acids is 8. The molecule has 1 aliphatic carbocycles. The second kappa shape index (κ2) is 21.2. The van der Waals surface area contributed by atoms with E-state index in [4.69, 9.17) is 0 Å². The van der Waals surface area contributed by atoms with Gasteiger partial charge in [-0.3, -0.25) is 33.6 Å². The molecule has 2 aliphatic heterocycles. The van der Waals surface area contributed by atoms with E-state index in [1.165, 1.54) is 28.0 Å². The van der Waals surface area contributed by atoms with Gasteiger partial charge in [0.05, 0.1) is 24.2 Å². The smallest absolute Gasteiger partial charge is 0.251 e. The number of benzene rings is 2. The summed E-state index contributed by atoms with van der Waals surface area (Å²) in [7, 11) is 3.27. The first-order valence-corrected chi connectivity index (χ1v) is 22.8. The molecular weight excluding hydrogens is 847 g/mol. The molecule has 2 saturated heterocycles. The molecular formula is C48H69N9O9. The molecule has 0 saturated carbocycles. The Balaban J connectivity index is 1.32. The highest BCUT2D eigenvalue weighted by molar-refractivity contribution is 6.00. The Bertz CT molecular complexity index is 2170. The Hall–Kier alpha value is -5.88. The monoisotopic (exact) mass is 916 g/mol. The number of phenols is 1. The van der Waals surface area contributed by atoms with Gasteiger partial charge in [0.1, 0.15) is 30.2 Å². The number of carbonyl (C=O) groups is 8. The third-order valence-electron chi connectivity index (χ3n) is 13.0. The Labute approximate surface area is 387 Å². The van der Waals surface area contributed by atoms with Gasteiger partial charge in [0.25, 0.3) is 11.8 Å². The fourth-order valence-electron chi connectivity index (χ4n) is 8.80. The van der Waals surface area contributed by atoms with E-state index in [0.29, 0.717) is 19.1 Å². The van der Waals surface area contributed by atoms with E-state index in [0.717, 1.165) is 17.5 Å². The van der Waals surface area contributed by atoms with E-state index < -0.39 is 101 Å². The lowest BCUT2D eigenvalue weighted by Gasteiger charge is -2.36. The molecule has 9 atom stereocenters. The maximum Gasteiger partial charge on any atom is 0.251 e. The number of hydrogen-bond acceptors (Lipinski definition) is 11. The first-order valence-electron chi connectivity index (χ1n) is 22.8. The van der Waals surface area contributed by atoms with Crippen LogP contribution in [0.25, 0.3) is 0 Å². The Kier molecular flexibility index (Phi) is 16.4. The highest BCUT2D eigenvalue weighted by atomic mass is 16.3. The number of nitrogens with zero attached hydrogens (tertiary/aromatic N) is 2. The predicted molar refractivity (Wildman–Crippen MR) is 247 cm³/mol. The Morgan fingerprint density at radius 2 is 1.21 bits per heavy atom. The summed E-state index contributed by atoms with van der Waals surface area (Å²) in [6, 6.07) is 4.53. The maximum absolute atomic E-state index is 14.6. The fourth-order valence-corrected chi connectivity index (χ4v) is 8.80. The summed E-state index contributed by atoms with van der Waals surface area (Å²) in [6.45, 7) is 14.2. The van der Waals surface area contributed by atoms with Crippen molar-refractivity contribution in [2.24, 2.45) is 10.8 Å². The van der Waals surface area contributed by atoms with Crippen molar-refractivity contribution in [3.05, 3.63) is 64.7 Å². The second-order valence-corrected chi connectivity index (χ2v) is 20.0. The van der Waals surface area contributed by atoms with Crippen LogP contribution in [0.15, 0.2) is 42.5 Å². The van der Waals surface area contributed by atoms with E-state index in [-0.39, 0.29) is 48.7 Å². The minimum Gasteiger partial charge on any atom is -0.508 e. The average Bonchev–Trinajstić information content (AvgIpc) is 3.90. The van der Waals surface area contributed by atoms with Crippen LogP contribution in [0.1, 0.15) is 119 Å². The Morgan fingerprint density at radius 3 is 1.73 bits per heavy atom. The van der Waals surface area contributed by atoms with Crippen molar-refractivity contribution in [3.63, 3.8) is 0 Å². The summed E-state index contributed by atoms with van der Waals surface area (Å²) >= 11 is 0. The summed E-state index contributed by atoms with van der Waals surface area (Å²) < 4.78 is 0. The van der Waals surface area contributed by atoms with E-state index in [9.17, 15) is 43.5 Å². The van der Waals surface area contributed by atoms with Crippen molar-refractivity contribution >= 4 is 47.6 Å². The molecule has 0 aromatic heterocycles. The summed E-state index contributed by atoms with van der Waals surface area (Å²) in [5, 5.41) is 30.9. The number of hydrogen-bond donors (Lipinski definition) is 8. The number of amides is 7. The van der Waals surface area contributed by atoms with Gasteiger partial charge in [-0.2, -0.15) is 0 Å². The zero-order chi connectivity index (χ0) is 48.8. The van der Waals surface area contributed by atoms with Gasteiger partial charge in [0.2, 0.25) is 29.5 Å². The van der Waals surface area contributed by atoms with E-state index in [2.05, 4.69) is 37.2 Å². The zero-order valence-electron chi connectivity index (χ0n) is 39.9. The molecule has 7 amide bonds. The van der Waals surface area contributed by atoms with Gasteiger partial charge >= 0.3 is 0 Å². The van der Waals surface area contributed by atoms with Gasteiger partial charge in [-0.15, -0.1) is 0 Å². The number of rotatable bonds is 15. The largest absolute Gasteiger partial charge is 0.508 e. The van der Waals surface area contributed by atoms with Crippen LogP contribution >= 0.6 is 0 Å². The van der Waals surface area contributed by atoms with Gasteiger partial charge in [-0.05, 0) is 106 Å². The number of fused-ring (bicyclic) bond motifs is 1. The van der Waals surface area contributed by atoms with Gasteiger partial charge in [0, 0.05) is 36.3 Å². The molecule has 5 rings (SSSR count). The van der Waals surface area contributed by atoms with Crippen molar-refractivity contribution < 1.29 is 43.5 Å². The number of aromatic hydroxyl groups is 1. The summed E-state index contributed by atoms with van der Waals surface area (Å²) in [5.74, 6) is -3.06. The van der Waals surface area contributed by atoms with Crippen molar-refractivity contribution in [2.75, 3.05) is 27.2 Å². The molecule has 2 aromatic rings. The van der Waals surface area contributed by atoms with E-state index in [1.807, 2.05) is 47.6 Å². The predicted octanol–water partition coefficient (Wildman–Crippen LogP) is 1.46. The van der Waals surface area contributed by atoms with Crippen LogP contribution in [0.5, 0.6) is 5.75 Å². The maximum atomic E-state index is 14.6. The molecule has 18 heteroatoms. The second-order valence-electron chi connectivity index (χ2n) is 20.0. The molecule has 2 aromatic carbocycles. The highest BCUT2D eigenvalue weighted by Crippen LogP contribution is 2.36. The highest BCUT2D eigenvalue weighted by Gasteiger charge is 2.47. The van der Waals surface area contributed by atoms with Crippen molar-refractivity contribution in [2.45, 2.75) is 142 Å². The van der Waals surface area contributed by atoms with Gasteiger partial charge in [-0.1, -0.05) is 59.7 Å². The summed E-state index contributed by atoms with van der Waals surface area (Å²) in [4.78, 5) is 111. The lowest BCUT2D eigenvalue weighted by molar-refractivity contribution is -0.144. The summed E-state index contributed by atoms with van der Waals surface area (Å²) in [5.41, 5.74) is 0.399. The lowest BCUT2D eigenvalue weighted by atomic mass is 9.85. The van der Waals surface area contributed by atoms with E-state index >= 15 is 0 Å². The molecule has 3 aliphatic rings. The minimum absolute atomic E-state index is 0.0217. The van der Waals surface area contributed by atoms with Crippen LogP contribution in [-0.4, -0.2) is 138 Å². The van der Waals surface area contributed by atoms with Crippen LogP contribution in [0, 0.1) is 10.8 Å². The zero-order valence-corrected chi connectivity index (χ0v) is 39.9. The molecule has 0 unspecified atom stereocenters. The normalized spacial score (nSPS) is 22.5. The number of likely N-dealkylation sites (tertiary alicyclic amines) is 2. The first kappa shape index (κ1) is 51.1. The van der Waals surface area contributed by atoms with Crippen LogP contribution in [0.2, 0.25) is 0 Å². The molecule has 2 heterocycles. The topological polar surface area (TPSA) is 247 Å². The molecule has 0 radical (unpaired) electrons. The van der Waals surface area contributed by atoms with Crippen LogP contribution in [0.3, 0.4) is 0 Å². The third kappa shape index (κ3) is 11.9. The van der Waals surface area contributed by atoms with Gasteiger partial charge in [0.15, 0.2) is 0 Å². The molecule has 8 N–H and O–H groups in total. The molecule has 66 heavy (non-hydrogen) atoms. The van der Waals surface area contributed by atoms with Crippen molar-refractivity contribution in [1.82, 2.24) is 47.0 Å². The molecule has 0 spiro atoms. The minimum atomic E-state index is -1.02. The quantitative estimate of drug-likeness (QED) is 0.119. The molecule has 360 valence electrons. The average molecular weight is 916 g/mol. The first-order chi connectivity index (χ1) is 31.0. The molecule has 2 fully saturated rings. The van der Waals surface area contributed by atoms with Crippen molar-refractivity contribution in [1.29, 1.82) is 0 Å². The van der Waals surface area contributed by atoms with Crippen LogP contribution in [-0.2, 0) is 35.2 Å². The third-order valence-corrected chi connectivity index (χ3v) is 13.0. The number of aldehydes is 1. The number of likely N-dealkylation sites (N-methyl/N-ethyl adjacent to an activating group) is 2.